The van der Waals surface area contributed by atoms with Crippen LogP contribution < -0.4 is 5.32 Å². The van der Waals surface area contributed by atoms with Crippen LogP contribution in [0, 0.1) is 13.8 Å². The molecule has 1 saturated heterocycles. The topological polar surface area (TPSA) is 41.6 Å². The molecule has 1 aromatic carbocycles. The second kappa shape index (κ2) is 5.35. The molecular formula is C16H24N2O2. The first-order valence-electron chi connectivity index (χ1n) is 7.06. The number of aryl methyl sites for hydroxylation is 2. The molecule has 0 radical (unpaired) electrons. The van der Waals surface area contributed by atoms with Crippen LogP contribution in [-0.4, -0.2) is 35.7 Å². The van der Waals surface area contributed by atoms with E-state index in [-0.39, 0.29) is 6.09 Å². The Labute approximate surface area is 121 Å². The van der Waals surface area contributed by atoms with Crippen molar-refractivity contribution in [1.82, 2.24) is 4.90 Å². The van der Waals surface area contributed by atoms with Crippen LogP contribution in [0.1, 0.15) is 31.9 Å². The zero-order valence-electron chi connectivity index (χ0n) is 13.0. The number of carbonyl (C=O) groups is 1. The van der Waals surface area contributed by atoms with Gasteiger partial charge < -0.3 is 15.0 Å². The van der Waals surface area contributed by atoms with Crippen LogP contribution in [0.25, 0.3) is 0 Å². The van der Waals surface area contributed by atoms with Crippen molar-refractivity contribution in [3.63, 3.8) is 0 Å². The lowest BCUT2D eigenvalue weighted by Gasteiger charge is -2.40. The van der Waals surface area contributed by atoms with Gasteiger partial charge >= 0.3 is 6.09 Å². The van der Waals surface area contributed by atoms with Crippen molar-refractivity contribution in [3.05, 3.63) is 29.3 Å². The van der Waals surface area contributed by atoms with Gasteiger partial charge in [-0.2, -0.15) is 0 Å². The average molecular weight is 276 g/mol. The highest BCUT2D eigenvalue weighted by Crippen LogP contribution is 2.22. The maximum atomic E-state index is 11.8. The summed E-state index contributed by atoms with van der Waals surface area (Å²) in [4.78, 5) is 13.6. The SMILES string of the molecule is Cc1ccc(C)c(NC2CN(C(=O)OC(C)(C)C)C2)c1. The van der Waals surface area contributed by atoms with E-state index < -0.39 is 5.60 Å². The highest BCUT2D eigenvalue weighted by Gasteiger charge is 2.33. The molecule has 110 valence electrons. The molecule has 4 nitrogen and oxygen atoms in total. The van der Waals surface area contributed by atoms with Gasteiger partial charge in [-0.1, -0.05) is 12.1 Å². The Morgan fingerprint density at radius 1 is 1.30 bits per heavy atom. The number of ether oxygens (including phenoxy) is 1. The summed E-state index contributed by atoms with van der Waals surface area (Å²) < 4.78 is 5.34. The van der Waals surface area contributed by atoms with E-state index in [1.54, 1.807) is 4.90 Å². The van der Waals surface area contributed by atoms with E-state index in [4.69, 9.17) is 4.74 Å². The Kier molecular flexibility index (Phi) is 3.93. The molecular weight excluding hydrogens is 252 g/mol. The van der Waals surface area contributed by atoms with Crippen molar-refractivity contribution in [1.29, 1.82) is 0 Å². The molecule has 0 saturated carbocycles. The van der Waals surface area contributed by atoms with E-state index in [0.717, 1.165) is 5.69 Å². The maximum absolute atomic E-state index is 11.8. The van der Waals surface area contributed by atoms with Crippen LogP contribution in [0.5, 0.6) is 0 Å². The first-order chi connectivity index (χ1) is 9.24. The molecule has 0 aromatic heterocycles. The summed E-state index contributed by atoms with van der Waals surface area (Å²) in [6, 6.07) is 6.67. The van der Waals surface area contributed by atoms with Crippen molar-refractivity contribution in [2.45, 2.75) is 46.3 Å². The van der Waals surface area contributed by atoms with E-state index in [0.29, 0.717) is 19.1 Å². The van der Waals surface area contributed by atoms with Crippen LogP contribution in [0.2, 0.25) is 0 Å². The van der Waals surface area contributed by atoms with Crippen LogP contribution in [-0.2, 0) is 4.74 Å². The number of benzene rings is 1. The lowest BCUT2D eigenvalue weighted by atomic mass is 10.1. The van der Waals surface area contributed by atoms with Gasteiger partial charge in [-0.15, -0.1) is 0 Å². The second-order valence-corrected chi connectivity index (χ2v) is 6.54. The first-order valence-corrected chi connectivity index (χ1v) is 7.06. The Balaban J connectivity index is 1.85. The number of likely N-dealkylation sites (tertiary alicyclic amines) is 1. The zero-order chi connectivity index (χ0) is 14.9. The van der Waals surface area contributed by atoms with Gasteiger partial charge in [0.05, 0.1) is 6.04 Å². The summed E-state index contributed by atoms with van der Waals surface area (Å²) in [5.74, 6) is 0. The van der Waals surface area contributed by atoms with Gasteiger partial charge in [-0.25, -0.2) is 4.79 Å². The van der Waals surface area contributed by atoms with E-state index in [9.17, 15) is 4.79 Å². The fourth-order valence-corrected chi connectivity index (χ4v) is 2.16. The van der Waals surface area contributed by atoms with Crippen LogP contribution in [0.3, 0.4) is 0 Å². The minimum Gasteiger partial charge on any atom is -0.444 e. The van der Waals surface area contributed by atoms with Gasteiger partial charge in [-0.3, -0.25) is 0 Å². The summed E-state index contributed by atoms with van der Waals surface area (Å²) in [5, 5.41) is 3.49. The molecule has 0 spiro atoms. The molecule has 20 heavy (non-hydrogen) atoms. The van der Waals surface area contributed by atoms with Crippen molar-refractivity contribution >= 4 is 11.8 Å². The number of hydrogen-bond donors (Lipinski definition) is 1. The largest absolute Gasteiger partial charge is 0.444 e. The number of carbonyl (C=O) groups excluding carboxylic acids is 1. The predicted molar refractivity (Wildman–Crippen MR) is 81.1 cm³/mol. The zero-order valence-corrected chi connectivity index (χ0v) is 13.0. The molecule has 1 amide bonds. The molecule has 1 heterocycles. The molecule has 4 heteroatoms. The molecule has 1 aromatic rings. The Morgan fingerprint density at radius 3 is 2.55 bits per heavy atom. The summed E-state index contributed by atoms with van der Waals surface area (Å²) in [6.07, 6.45) is -0.225. The van der Waals surface area contributed by atoms with E-state index in [2.05, 4.69) is 37.4 Å². The van der Waals surface area contributed by atoms with E-state index in [1.807, 2.05) is 20.8 Å². The Morgan fingerprint density at radius 2 is 1.95 bits per heavy atom. The predicted octanol–water partition coefficient (Wildman–Crippen LogP) is 3.33. The van der Waals surface area contributed by atoms with Crippen molar-refractivity contribution in [2.24, 2.45) is 0 Å². The number of amides is 1. The van der Waals surface area contributed by atoms with Crippen molar-refractivity contribution in [2.75, 3.05) is 18.4 Å². The van der Waals surface area contributed by atoms with Crippen molar-refractivity contribution < 1.29 is 9.53 Å². The number of rotatable bonds is 2. The smallest absolute Gasteiger partial charge is 0.410 e. The minimum atomic E-state index is -0.428. The Bertz CT molecular complexity index is 500. The highest BCUT2D eigenvalue weighted by atomic mass is 16.6. The summed E-state index contributed by atoms with van der Waals surface area (Å²) in [5.41, 5.74) is 3.19. The first kappa shape index (κ1) is 14.7. The van der Waals surface area contributed by atoms with Gasteiger partial charge in [0.15, 0.2) is 0 Å². The third-order valence-corrected chi connectivity index (χ3v) is 3.29. The fraction of sp³-hybridized carbons (Fsp3) is 0.562. The maximum Gasteiger partial charge on any atom is 0.410 e. The summed E-state index contributed by atoms with van der Waals surface area (Å²) >= 11 is 0. The fourth-order valence-electron chi connectivity index (χ4n) is 2.16. The van der Waals surface area contributed by atoms with Crippen LogP contribution in [0.15, 0.2) is 18.2 Å². The number of nitrogens with one attached hydrogen (secondary N) is 1. The summed E-state index contributed by atoms with van der Waals surface area (Å²) in [6.45, 7) is 11.2. The highest BCUT2D eigenvalue weighted by molar-refractivity contribution is 5.70. The van der Waals surface area contributed by atoms with Crippen molar-refractivity contribution in [3.8, 4) is 0 Å². The van der Waals surface area contributed by atoms with Gasteiger partial charge in [-0.05, 0) is 51.8 Å². The molecule has 0 unspecified atom stereocenters. The van der Waals surface area contributed by atoms with Gasteiger partial charge in [0.1, 0.15) is 5.60 Å². The molecule has 2 rings (SSSR count). The molecule has 1 aliphatic rings. The standard InChI is InChI=1S/C16H24N2O2/c1-11-6-7-12(2)14(8-11)17-13-9-18(10-13)15(19)20-16(3,4)5/h6-8,13,17H,9-10H2,1-5H3. The number of anilines is 1. The lowest BCUT2D eigenvalue weighted by Crippen LogP contribution is -2.58. The third kappa shape index (κ3) is 3.65. The molecule has 1 N–H and O–H groups in total. The van der Waals surface area contributed by atoms with Gasteiger partial charge in [0.2, 0.25) is 0 Å². The van der Waals surface area contributed by atoms with Crippen LogP contribution >= 0.6 is 0 Å². The van der Waals surface area contributed by atoms with E-state index in [1.165, 1.54) is 11.1 Å². The molecule has 0 bridgehead atoms. The normalized spacial score (nSPS) is 15.8. The molecule has 1 fully saturated rings. The minimum absolute atomic E-state index is 0.225. The molecule has 0 atom stereocenters. The van der Waals surface area contributed by atoms with Gasteiger partial charge in [0.25, 0.3) is 0 Å². The Hall–Kier alpha value is -1.71. The third-order valence-electron chi connectivity index (χ3n) is 3.29. The molecule has 0 aliphatic carbocycles. The quantitative estimate of drug-likeness (QED) is 0.900. The van der Waals surface area contributed by atoms with Crippen LogP contribution in [0.4, 0.5) is 10.5 Å². The number of nitrogens with zero attached hydrogens (tertiary/aromatic N) is 1. The van der Waals surface area contributed by atoms with Gasteiger partial charge in [0, 0.05) is 18.8 Å². The lowest BCUT2D eigenvalue weighted by molar-refractivity contribution is 0.0105. The second-order valence-electron chi connectivity index (χ2n) is 6.54. The van der Waals surface area contributed by atoms with E-state index >= 15 is 0 Å². The molecule has 1 aliphatic heterocycles. The summed E-state index contributed by atoms with van der Waals surface area (Å²) in [7, 11) is 0. The monoisotopic (exact) mass is 276 g/mol. The average Bonchev–Trinajstić information content (AvgIpc) is 2.24. The number of hydrogen-bond acceptors (Lipinski definition) is 3.